The molecule has 5 nitrogen and oxygen atoms in total. The van der Waals surface area contributed by atoms with Crippen LogP contribution in [0.4, 0.5) is 0 Å². The van der Waals surface area contributed by atoms with E-state index in [2.05, 4.69) is 5.32 Å². The van der Waals surface area contributed by atoms with Crippen molar-refractivity contribution in [1.29, 1.82) is 0 Å². The topological polar surface area (TPSA) is 66.5 Å². The molecule has 1 amide bonds. The van der Waals surface area contributed by atoms with E-state index in [1.54, 1.807) is 29.2 Å². The van der Waals surface area contributed by atoms with Gasteiger partial charge in [0, 0.05) is 31.6 Å². The monoisotopic (exact) mass is 386 g/mol. The molecular formula is C18H27ClN2O3S. The van der Waals surface area contributed by atoms with Crippen molar-refractivity contribution in [3.8, 4) is 0 Å². The van der Waals surface area contributed by atoms with Crippen LogP contribution >= 0.6 is 12.4 Å². The molecule has 2 fully saturated rings. The largest absolute Gasteiger partial charge is 0.343 e. The Morgan fingerprint density at radius 3 is 2.28 bits per heavy atom. The molecule has 2 heterocycles. The number of hydrogen-bond donors (Lipinski definition) is 1. The van der Waals surface area contributed by atoms with Gasteiger partial charge in [-0.15, -0.1) is 12.4 Å². The zero-order chi connectivity index (χ0) is 17.3. The molecular weight excluding hydrogens is 360 g/mol. The fourth-order valence-electron chi connectivity index (χ4n) is 3.81. The number of sulfone groups is 1. The predicted octanol–water partition coefficient (Wildman–Crippen LogP) is 2.32. The molecule has 2 unspecified atom stereocenters. The summed E-state index contributed by atoms with van der Waals surface area (Å²) in [4.78, 5) is 14.5. The summed E-state index contributed by atoms with van der Waals surface area (Å²) in [5.41, 5.74) is 1.02. The first kappa shape index (κ1) is 20.2. The Hall–Kier alpha value is -1.11. The molecule has 0 radical (unpaired) electrons. The zero-order valence-electron chi connectivity index (χ0n) is 14.8. The minimum Gasteiger partial charge on any atom is -0.343 e. The van der Waals surface area contributed by atoms with E-state index in [9.17, 15) is 13.2 Å². The van der Waals surface area contributed by atoms with Crippen LogP contribution in [0.3, 0.4) is 0 Å². The number of hydrogen-bond acceptors (Lipinski definition) is 4. The number of fused-ring (bicyclic) bond motifs is 2. The van der Waals surface area contributed by atoms with Gasteiger partial charge >= 0.3 is 0 Å². The minimum absolute atomic E-state index is 0. The summed E-state index contributed by atoms with van der Waals surface area (Å²) in [6, 6.07) is 8.06. The van der Waals surface area contributed by atoms with Crippen molar-refractivity contribution < 1.29 is 13.2 Å². The third-order valence-corrected chi connectivity index (χ3v) is 7.09. The Labute approximate surface area is 156 Å². The summed E-state index contributed by atoms with van der Waals surface area (Å²) in [6.07, 6.45) is 4.37. The van der Waals surface area contributed by atoms with E-state index in [1.165, 1.54) is 12.8 Å². The van der Waals surface area contributed by atoms with Crippen molar-refractivity contribution in [3.05, 3.63) is 29.8 Å². The smallest absolute Gasteiger partial charge is 0.223 e. The van der Waals surface area contributed by atoms with Gasteiger partial charge in [-0.3, -0.25) is 4.79 Å². The van der Waals surface area contributed by atoms with Gasteiger partial charge in [0.05, 0.1) is 10.6 Å². The quantitative estimate of drug-likeness (QED) is 0.843. The van der Waals surface area contributed by atoms with Crippen LogP contribution in [0, 0.1) is 6.92 Å². The molecule has 1 aromatic rings. The maximum absolute atomic E-state index is 12.4. The summed E-state index contributed by atoms with van der Waals surface area (Å²) in [5.74, 6) is -0.200. The lowest BCUT2D eigenvalue weighted by atomic mass is 9.98. The molecule has 0 aromatic heterocycles. The van der Waals surface area contributed by atoms with Gasteiger partial charge in [-0.25, -0.2) is 8.42 Å². The predicted molar refractivity (Wildman–Crippen MR) is 101 cm³/mol. The van der Waals surface area contributed by atoms with Crippen molar-refractivity contribution in [2.45, 2.75) is 62.0 Å². The number of carbonyl (C=O) groups is 1. The van der Waals surface area contributed by atoms with Crippen LogP contribution in [0.2, 0.25) is 0 Å². The van der Waals surface area contributed by atoms with Gasteiger partial charge < -0.3 is 10.2 Å². The number of nitrogens with one attached hydrogen (secondary N) is 1. The Morgan fingerprint density at radius 1 is 1.16 bits per heavy atom. The Bertz CT molecular complexity index is 694. The summed E-state index contributed by atoms with van der Waals surface area (Å²) >= 11 is 0. The number of piperidine rings is 1. The van der Waals surface area contributed by atoms with Crippen LogP contribution in [0.15, 0.2) is 29.2 Å². The van der Waals surface area contributed by atoms with Crippen LogP contribution in [-0.4, -0.2) is 50.2 Å². The number of aryl methyl sites for hydroxylation is 1. The fraction of sp³-hybridized carbons (Fsp3) is 0.611. The van der Waals surface area contributed by atoms with E-state index in [4.69, 9.17) is 0 Å². The minimum atomic E-state index is -3.41. The molecule has 2 aliphatic rings. The lowest BCUT2D eigenvalue weighted by Gasteiger charge is -2.35. The number of halogens is 1. The highest BCUT2D eigenvalue weighted by atomic mass is 35.5. The third kappa shape index (κ3) is 4.74. The van der Waals surface area contributed by atoms with Crippen LogP contribution in [0.25, 0.3) is 0 Å². The molecule has 140 valence electrons. The van der Waals surface area contributed by atoms with Crippen molar-refractivity contribution in [3.63, 3.8) is 0 Å². The normalized spacial score (nSPS) is 25.3. The maximum atomic E-state index is 12.4. The highest BCUT2D eigenvalue weighted by Crippen LogP contribution is 2.29. The molecule has 2 atom stereocenters. The second kappa shape index (κ2) is 8.06. The summed E-state index contributed by atoms with van der Waals surface area (Å²) < 4.78 is 24.8. The summed E-state index contributed by atoms with van der Waals surface area (Å²) in [5, 5.41) is 3.56. The molecule has 25 heavy (non-hydrogen) atoms. The van der Waals surface area contributed by atoms with Crippen LogP contribution in [0.5, 0.6) is 0 Å². The maximum Gasteiger partial charge on any atom is 0.223 e. The number of carbonyl (C=O) groups excluding carboxylic acids is 1. The highest BCUT2D eigenvalue weighted by Gasteiger charge is 2.36. The summed E-state index contributed by atoms with van der Waals surface area (Å²) in [7, 11) is -1.59. The second-order valence-electron chi connectivity index (χ2n) is 7.15. The first-order valence-corrected chi connectivity index (χ1v) is 10.3. The van der Waals surface area contributed by atoms with Crippen molar-refractivity contribution >= 4 is 28.2 Å². The Kier molecular flexibility index (Phi) is 6.51. The van der Waals surface area contributed by atoms with E-state index < -0.39 is 9.84 Å². The van der Waals surface area contributed by atoms with E-state index in [0.717, 1.165) is 18.4 Å². The number of rotatable bonds is 5. The highest BCUT2D eigenvalue weighted by molar-refractivity contribution is 7.91. The van der Waals surface area contributed by atoms with Gasteiger partial charge in [0.1, 0.15) is 0 Å². The molecule has 0 aliphatic carbocycles. The standard InChI is InChI=1S/C18H26N2O3S.ClH/c1-13-3-7-17(8-4-13)24(22,23)10-9-18(21)20(2)16-11-14-5-6-15(12-16)19-14;/h3-4,7-8,14-16,19H,5-6,9-12H2,1-2H3;1H. The van der Waals surface area contributed by atoms with Crippen LogP contribution in [0.1, 0.15) is 37.7 Å². The lowest BCUT2D eigenvalue weighted by molar-refractivity contribution is -0.132. The molecule has 1 N–H and O–H groups in total. The lowest BCUT2D eigenvalue weighted by Crippen LogP contribution is -2.48. The van der Waals surface area contributed by atoms with Gasteiger partial charge in [0.25, 0.3) is 0 Å². The molecule has 7 heteroatoms. The van der Waals surface area contributed by atoms with Crippen LogP contribution < -0.4 is 5.32 Å². The third-order valence-electron chi connectivity index (χ3n) is 5.35. The van der Waals surface area contributed by atoms with Gasteiger partial charge in [-0.1, -0.05) is 17.7 Å². The average molecular weight is 387 g/mol. The van der Waals surface area contributed by atoms with E-state index in [1.807, 2.05) is 14.0 Å². The van der Waals surface area contributed by atoms with Gasteiger partial charge in [0.15, 0.2) is 9.84 Å². The number of amides is 1. The van der Waals surface area contributed by atoms with Crippen molar-refractivity contribution in [1.82, 2.24) is 10.2 Å². The number of nitrogens with zero attached hydrogens (tertiary/aromatic N) is 1. The molecule has 3 rings (SSSR count). The van der Waals surface area contributed by atoms with Crippen molar-refractivity contribution in [2.24, 2.45) is 0 Å². The van der Waals surface area contributed by atoms with E-state index >= 15 is 0 Å². The Morgan fingerprint density at radius 2 is 1.72 bits per heavy atom. The average Bonchev–Trinajstić information content (AvgIpc) is 2.90. The summed E-state index contributed by atoms with van der Waals surface area (Å²) in [6.45, 7) is 1.92. The first-order chi connectivity index (χ1) is 11.3. The molecule has 2 aliphatic heterocycles. The molecule has 2 saturated heterocycles. The van der Waals surface area contributed by atoms with Crippen molar-refractivity contribution in [2.75, 3.05) is 12.8 Å². The second-order valence-corrected chi connectivity index (χ2v) is 9.26. The van der Waals surface area contributed by atoms with Gasteiger partial charge in [-0.05, 0) is 44.7 Å². The van der Waals surface area contributed by atoms with Gasteiger partial charge in [-0.2, -0.15) is 0 Å². The Balaban J connectivity index is 0.00000225. The molecule has 0 saturated carbocycles. The molecule has 2 bridgehead atoms. The zero-order valence-corrected chi connectivity index (χ0v) is 16.4. The van der Waals surface area contributed by atoms with Gasteiger partial charge in [0.2, 0.25) is 5.91 Å². The first-order valence-electron chi connectivity index (χ1n) is 8.66. The fourth-order valence-corrected chi connectivity index (χ4v) is 5.04. The van der Waals surface area contributed by atoms with Crippen LogP contribution in [-0.2, 0) is 14.6 Å². The number of benzene rings is 1. The SMILES string of the molecule is Cc1ccc(S(=O)(=O)CCC(=O)N(C)C2CC3CCC(C2)N3)cc1.Cl. The molecule has 1 aromatic carbocycles. The molecule has 0 spiro atoms. The van der Waals surface area contributed by atoms with E-state index in [0.29, 0.717) is 17.0 Å². The van der Waals surface area contributed by atoms with E-state index in [-0.39, 0.29) is 36.5 Å².